The summed E-state index contributed by atoms with van der Waals surface area (Å²) in [5.41, 5.74) is 0.666. The van der Waals surface area contributed by atoms with Gasteiger partial charge < -0.3 is 9.80 Å². The molecule has 0 bridgehead atoms. The van der Waals surface area contributed by atoms with Gasteiger partial charge in [0.05, 0.1) is 10.6 Å². The lowest BCUT2D eigenvalue weighted by Crippen LogP contribution is -2.47. The Morgan fingerprint density at radius 1 is 1.12 bits per heavy atom. The number of carbonyl (C=O) groups is 1. The number of aromatic nitrogens is 3. The maximum Gasteiger partial charge on any atom is 0.293 e. The van der Waals surface area contributed by atoms with Gasteiger partial charge in [-0.2, -0.15) is 0 Å². The van der Waals surface area contributed by atoms with Gasteiger partial charge in [0.25, 0.3) is 5.91 Å². The van der Waals surface area contributed by atoms with Crippen molar-refractivity contribution in [2.45, 2.75) is 0 Å². The van der Waals surface area contributed by atoms with Crippen LogP contribution in [0.25, 0.3) is 16.4 Å². The number of hydrogen-bond donors (Lipinski definition) is 0. The van der Waals surface area contributed by atoms with Crippen molar-refractivity contribution in [3.05, 3.63) is 53.4 Å². The van der Waals surface area contributed by atoms with Gasteiger partial charge >= 0.3 is 0 Å². The van der Waals surface area contributed by atoms with E-state index in [4.69, 9.17) is 0 Å². The van der Waals surface area contributed by atoms with E-state index in [1.807, 2.05) is 24.6 Å². The molecule has 3 heterocycles. The van der Waals surface area contributed by atoms with Crippen LogP contribution in [0.1, 0.15) is 10.6 Å². The van der Waals surface area contributed by atoms with Crippen molar-refractivity contribution in [2.75, 3.05) is 33.2 Å². The third-order valence-corrected chi connectivity index (χ3v) is 5.27. The Morgan fingerprint density at radius 2 is 1.85 bits per heavy atom. The van der Waals surface area contributed by atoms with Crippen LogP contribution in [0.2, 0.25) is 0 Å². The van der Waals surface area contributed by atoms with E-state index in [1.165, 1.54) is 23.5 Å². The summed E-state index contributed by atoms with van der Waals surface area (Å²) in [5.74, 6) is 0.267. The fourth-order valence-corrected chi connectivity index (χ4v) is 3.58. The molecule has 1 fully saturated rings. The summed E-state index contributed by atoms with van der Waals surface area (Å²) in [4.78, 5) is 22.2. The number of halogens is 1. The van der Waals surface area contributed by atoms with Crippen LogP contribution in [-0.2, 0) is 0 Å². The number of amides is 1. The zero-order valence-electron chi connectivity index (χ0n) is 14.3. The topological polar surface area (TPSA) is 54.3 Å². The number of piperazine rings is 1. The van der Waals surface area contributed by atoms with Gasteiger partial charge in [-0.05, 0) is 42.8 Å². The predicted octanol–water partition coefficient (Wildman–Crippen LogP) is 2.52. The quantitative estimate of drug-likeness (QED) is 0.710. The van der Waals surface area contributed by atoms with Crippen LogP contribution in [0, 0.1) is 5.82 Å². The Balaban J connectivity index is 1.71. The van der Waals surface area contributed by atoms with E-state index in [0.717, 1.165) is 18.0 Å². The highest BCUT2D eigenvalue weighted by Crippen LogP contribution is 2.26. The lowest BCUT2D eigenvalue weighted by molar-refractivity contribution is 0.0652. The summed E-state index contributed by atoms with van der Waals surface area (Å²) < 4.78 is 14.9. The molecule has 4 rings (SSSR count). The molecule has 134 valence electrons. The number of likely N-dealkylation sites (N-methyl/N-ethyl adjacent to an activating group) is 1. The molecule has 1 amide bonds. The fourth-order valence-electron chi connectivity index (χ4n) is 2.88. The van der Waals surface area contributed by atoms with Gasteiger partial charge in [-0.25, -0.2) is 14.1 Å². The zero-order valence-corrected chi connectivity index (χ0v) is 15.1. The van der Waals surface area contributed by atoms with Crippen molar-refractivity contribution in [1.82, 2.24) is 24.6 Å². The molecule has 0 spiro atoms. The predicted molar refractivity (Wildman–Crippen MR) is 98.0 cm³/mol. The van der Waals surface area contributed by atoms with Gasteiger partial charge in [-0.3, -0.25) is 4.79 Å². The Bertz CT molecular complexity index is 898. The Labute approximate surface area is 154 Å². The lowest BCUT2D eigenvalue weighted by atomic mass is 10.3. The van der Waals surface area contributed by atoms with Crippen LogP contribution >= 0.6 is 11.3 Å². The Kier molecular flexibility index (Phi) is 4.52. The highest BCUT2D eigenvalue weighted by atomic mass is 32.1. The van der Waals surface area contributed by atoms with Gasteiger partial charge in [-0.1, -0.05) is 6.07 Å². The van der Waals surface area contributed by atoms with E-state index in [1.54, 1.807) is 21.7 Å². The Hall–Kier alpha value is -2.58. The minimum absolute atomic E-state index is 0.169. The highest BCUT2D eigenvalue weighted by molar-refractivity contribution is 7.13. The number of benzene rings is 1. The smallest absolute Gasteiger partial charge is 0.293 e. The minimum Gasteiger partial charge on any atom is -0.333 e. The molecule has 1 aliphatic rings. The number of nitrogens with zero attached hydrogens (tertiary/aromatic N) is 5. The van der Waals surface area contributed by atoms with Crippen molar-refractivity contribution in [3.8, 4) is 16.4 Å². The largest absolute Gasteiger partial charge is 0.333 e. The fraction of sp³-hybridized carbons (Fsp3) is 0.278. The molecule has 0 radical (unpaired) electrons. The summed E-state index contributed by atoms with van der Waals surface area (Å²) in [7, 11) is 2.04. The van der Waals surface area contributed by atoms with Crippen LogP contribution in [0.5, 0.6) is 0 Å². The van der Waals surface area contributed by atoms with Gasteiger partial charge in [0, 0.05) is 26.2 Å². The monoisotopic (exact) mass is 371 g/mol. The van der Waals surface area contributed by atoms with Crippen molar-refractivity contribution < 1.29 is 9.18 Å². The van der Waals surface area contributed by atoms with E-state index in [-0.39, 0.29) is 17.5 Å². The van der Waals surface area contributed by atoms with Crippen LogP contribution < -0.4 is 0 Å². The minimum atomic E-state index is -0.319. The number of rotatable bonds is 3. The van der Waals surface area contributed by atoms with Crippen LogP contribution in [0.4, 0.5) is 4.39 Å². The van der Waals surface area contributed by atoms with Crippen molar-refractivity contribution in [2.24, 2.45) is 0 Å². The summed E-state index contributed by atoms with van der Waals surface area (Å²) in [6.45, 7) is 2.99. The summed E-state index contributed by atoms with van der Waals surface area (Å²) in [6, 6.07) is 9.86. The van der Waals surface area contributed by atoms with E-state index in [9.17, 15) is 9.18 Å². The first kappa shape index (κ1) is 16.9. The number of thiophene rings is 1. The average molecular weight is 371 g/mol. The molecule has 6 nitrogen and oxygen atoms in total. The van der Waals surface area contributed by atoms with Gasteiger partial charge in [0.2, 0.25) is 5.82 Å². The van der Waals surface area contributed by atoms with E-state index in [2.05, 4.69) is 15.0 Å². The summed E-state index contributed by atoms with van der Waals surface area (Å²) in [6.07, 6.45) is 0. The van der Waals surface area contributed by atoms with Gasteiger partial charge in [-0.15, -0.1) is 16.4 Å². The third-order valence-electron chi connectivity index (χ3n) is 4.40. The van der Waals surface area contributed by atoms with E-state index < -0.39 is 0 Å². The highest BCUT2D eigenvalue weighted by Gasteiger charge is 2.26. The van der Waals surface area contributed by atoms with Crippen LogP contribution in [0.3, 0.4) is 0 Å². The van der Waals surface area contributed by atoms with Gasteiger partial charge in [0.1, 0.15) is 5.82 Å². The molecule has 0 unspecified atom stereocenters. The first-order valence-electron chi connectivity index (χ1n) is 8.36. The zero-order chi connectivity index (χ0) is 18.1. The molecule has 1 aromatic carbocycles. The average Bonchev–Trinajstić information content (AvgIpc) is 3.32. The maximum atomic E-state index is 13.3. The molecule has 0 aliphatic carbocycles. The third kappa shape index (κ3) is 3.25. The first-order chi connectivity index (χ1) is 12.6. The summed E-state index contributed by atoms with van der Waals surface area (Å²) >= 11 is 1.52. The number of carbonyl (C=O) groups excluding carboxylic acids is 1. The standard InChI is InChI=1S/C18H18FN5OS/c1-22-8-10-23(11-9-22)18(25)16-20-17(15-3-2-12-26-15)24(21-16)14-6-4-13(19)5-7-14/h2-7,12H,8-11H2,1H3. The molecule has 26 heavy (non-hydrogen) atoms. The van der Waals surface area contributed by atoms with Gasteiger partial charge in [0.15, 0.2) is 5.82 Å². The number of hydrogen-bond acceptors (Lipinski definition) is 5. The molecular formula is C18H18FN5OS. The second-order valence-electron chi connectivity index (χ2n) is 6.22. The second kappa shape index (κ2) is 6.97. The van der Waals surface area contributed by atoms with E-state index >= 15 is 0 Å². The SMILES string of the molecule is CN1CCN(C(=O)c2nc(-c3cccs3)n(-c3ccc(F)cc3)n2)CC1. The first-order valence-corrected chi connectivity index (χ1v) is 9.24. The molecule has 0 saturated carbocycles. The molecule has 0 atom stereocenters. The second-order valence-corrected chi connectivity index (χ2v) is 7.17. The molecular weight excluding hydrogens is 353 g/mol. The van der Waals surface area contributed by atoms with Crippen molar-refractivity contribution in [1.29, 1.82) is 0 Å². The molecule has 1 saturated heterocycles. The molecule has 3 aromatic rings. The molecule has 1 aliphatic heterocycles. The Morgan fingerprint density at radius 3 is 2.50 bits per heavy atom. The summed E-state index contributed by atoms with van der Waals surface area (Å²) in [5, 5.41) is 6.39. The molecule has 2 aromatic heterocycles. The maximum absolute atomic E-state index is 13.3. The van der Waals surface area contributed by atoms with Crippen LogP contribution in [-0.4, -0.2) is 63.7 Å². The van der Waals surface area contributed by atoms with E-state index in [0.29, 0.717) is 24.6 Å². The van der Waals surface area contributed by atoms with Crippen LogP contribution in [0.15, 0.2) is 41.8 Å². The lowest BCUT2D eigenvalue weighted by Gasteiger charge is -2.31. The van der Waals surface area contributed by atoms with Crippen molar-refractivity contribution in [3.63, 3.8) is 0 Å². The molecule has 0 N–H and O–H groups in total. The normalized spacial score (nSPS) is 15.4. The molecule has 8 heteroatoms. The van der Waals surface area contributed by atoms with Crippen molar-refractivity contribution >= 4 is 17.2 Å².